The Hall–Kier alpha value is -2.85. The molecule has 4 amide bonds. The number of carbonyl (C=O) groups is 2. The Morgan fingerprint density at radius 1 is 1.45 bits per heavy atom. The molecule has 0 aliphatic carbocycles. The number of nitrogens with one attached hydrogen (secondary N) is 1. The normalized spacial score (nSPS) is 24.2. The van der Waals surface area contributed by atoms with Crippen molar-refractivity contribution < 1.29 is 18.7 Å². The SMILES string of the molecule is C[C@H]1CN=C(C(=CN)N2CC3COCCN3C2=O)CN1C(=O)Nc1ccc(F)c(Cl)c1. The average molecular weight is 451 g/mol. The fourth-order valence-electron chi connectivity index (χ4n) is 3.96. The van der Waals surface area contributed by atoms with E-state index in [-0.39, 0.29) is 35.7 Å². The van der Waals surface area contributed by atoms with Crippen molar-refractivity contribution in [1.29, 1.82) is 0 Å². The first-order valence-corrected chi connectivity index (χ1v) is 10.4. The summed E-state index contributed by atoms with van der Waals surface area (Å²) in [5, 5.41) is 2.66. The van der Waals surface area contributed by atoms with Crippen molar-refractivity contribution in [3.05, 3.63) is 40.9 Å². The van der Waals surface area contributed by atoms with Crippen LogP contribution in [0.1, 0.15) is 6.92 Å². The van der Waals surface area contributed by atoms with Gasteiger partial charge in [-0.1, -0.05) is 11.6 Å². The molecule has 4 rings (SSSR count). The number of hydrogen-bond donors (Lipinski definition) is 2. The van der Waals surface area contributed by atoms with Crippen LogP contribution in [0.25, 0.3) is 0 Å². The van der Waals surface area contributed by atoms with Gasteiger partial charge in [-0.25, -0.2) is 14.0 Å². The highest BCUT2D eigenvalue weighted by Crippen LogP contribution is 2.25. The molecule has 166 valence electrons. The molecule has 1 unspecified atom stereocenters. The van der Waals surface area contributed by atoms with Gasteiger partial charge in [0.15, 0.2) is 0 Å². The van der Waals surface area contributed by atoms with Crippen molar-refractivity contribution in [3.63, 3.8) is 0 Å². The summed E-state index contributed by atoms with van der Waals surface area (Å²) < 4.78 is 18.9. The van der Waals surface area contributed by atoms with Crippen LogP contribution >= 0.6 is 11.6 Å². The molecule has 0 saturated carbocycles. The monoisotopic (exact) mass is 450 g/mol. The quantitative estimate of drug-likeness (QED) is 0.735. The van der Waals surface area contributed by atoms with Gasteiger partial charge in [0, 0.05) is 18.4 Å². The molecule has 3 N–H and O–H groups in total. The molecule has 2 saturated heterocycles. The lowest BCUT2D eigenvalue weighted by Gasteiger charge is -2.34. The van der Waals surface area contributed by atoms with E-state index < -0.39 is 5.82 Å². The first kappa shape index (κ1) is 21.4. The van der Waals surface area contributed by atoms with E-state index in [0.717, 1.165) is 0 Å². The van der Waals surface area contributed by atoms with E-state index in [1.165, 1.54) is 24.4 Å². The lowest BCUT2D eigenvalue weighted by atomic mass is 10.1. The number of carbonyl (C=O) groups excluding carboxylic acids is 2. The highest BCUT2D eigenvalue weighted by Gasteiger charge is 2.42. The summed E-state index contributed by atoms with van der Waals surface area (Å²) in [5.74, 6) is -0.560. The number of benzene rings is 1. The van der Waals surface area contributed by atoms with Crippen molar-refractivity contribution >= 4 is 35.1 Å². The summed E-state index contributed by atoms with van der Waals surface area (Å²) in [6.07, 6.45) is 1.36. The fourth-order valence-corrected chi connectivity index (χ4v) is 4.14. The van der Waals surface area contributed by atoms with Crippen molar-refractivity contribution in [2.45, 2.75) is 19.0 Å². The van der Waals surface area contributed by atoms with Gasteiger partial charge in [-0.3, -0.25) is 9.89 Å². The number of urea groups is 2. The highest BCUT2D eigenvalue weighted by atomic mass is 35.5. The van der Waals surface area contributed by atoms with E-state index >= 15 is 0 Å². The number of fused-ring (bicyclic) bond motifs is 1. The third-order valence-corrected chi connectivity index (χ3v) is 5.96. The molecule has 1 aromatic carbocycles. The molecule has 0 aromatic heterocycles. The number of halogens is 2. The molecular formula is C20H24ClFN6O3. The molecule has 11 heteroatoms. The Morgan fingerprint density at radius 3 is 2.97 bits per heavy atom. The zero-order chi connectivity index (χ0) is 22.1. The van der Waals surface area contributed by atoms with Crippen LogP contribution in [-0.4, -0.2) is 84.0 Å². The highest BCUT2D eigenvalue weighted by molar-refractivity contribution is 6.31. The van der Waals surface area contributed by atoms with Crippen molar-refractivity contribution in [1.82, 2.24) is 14.7 Å². The average Bonchev–Trinajstić information content (AvgIpc) is 3.09. The van der Waals surface area contributed by atoms with Crippen LogP contribution < -0.4 is 11.1 Å². The van der Waals surface area contributed by atoms with Gasteiger partial charge in [-0.2, -0.15) is 0 Å². The van der Waals surface area contributed by atoms with Crippen LogP contribution in [-0.2, 0) is 4.74 Å². The maximum absolute atomic E-state index is 13.4. The van der Waals surface area contributed by atoms with E-state index in [2.05, 4.69) is 10.3 Å². The first-order chi connectivity index (χ1) is 14.9. The van der Waals surface area contributed by atoms with Gasteiger partial charge >= 0.3 is 12.1 Å². The summed E-state index contributed by atoms with van der Waals surface area (Å²) in [4.78, 5) is 35.3. The molecule has 9 nitrogen and oxygen atoms in total. The summed E-state index contributed by atoms with van der Waals surface area (Å²) in [5.41, 5.74) is 7.32. The number of amides is 4. The Kier molecular flexibility index (Phi) is 6.01. The van der Waals surface area contributed by atoms with E-state index in [9.17, 15) is 14.0 Å². The third-order valence-electron chi connectivity index (χ3n) is 5.67. The zero-order valence-corrected chi connectivity index (χ0v) is 17.8. The van der Waals surface area contributed by atoms with E-state index in [1.807, 2.05) is 6.92 Å². The summed E-state index contributed by atoms with van der Waals surface area (Å²) in [6, 6.07) is 3.27. The number of anilines is 1. The number of hydrogen-bond acceptors (Lipinski definition) is 5. The summed E-state index contributed by atoms with van der Waals surface area (Å²) in [7, 11) is 0. The van der Waals surface area contributed by atoms with Gasteiger partial charge in [-0.05, 0) is 25.1 Å². The summed E-state index contributed by atoms with van der Waals surface area (Å²) >= 11 is 5.80. The zero-order valence-electron chi connectivity index (χ0n) is 17.1. The molecule has 0 spiro atoms. The minimum Gasteiger partial charge on any atom is -0.403 e. The largest absolute Gasteiger partial charge is 0.403 e. The fraction of sp³-hybridized carbons (Fsp3) is 0.450. The molecule has 3 aliphatic rings. The number of nitrogens with two attached hydrogens (primary N) is 1. The molecule has 0 radical (unpaired) electrons. The first-order valence-electron chi connectivity index (χ1n) is 10.0. The van der Waals surface area contributed by atoms with Crippen molar-refractivity contribution in [2.75, 3.05) is 44.7 Å². The Balaban J connectivity index is 1.48. The van der Waals surface area contributed by atoms with E-state index in [4.69, 9.17) is 22.1 Å². The van der Waals surface area contributed by atoms with Gasteiger partial charge in [0.2, 0.25) is 0 Å². The van der Waals surface area contributed by atoms with Gasteiger partial charge in [0.1, 0.15) is 5.82 Å². The molecule has 2 atom stereocenters. The maximum Gasteiger partial charge on any atom is 0.325 e. The van der Waals surface area contributed by atoms with Crippen LogP contribution in [0.2, 0.25) is 5.02 Å². The number of morpholine rings is 1. The standard InChI is InChI=1S/C20H24ClFN6O3/c1-12-8-24-17(10-27(12)19(29)25-13-2-3-16(22)15(21)6-13)18(7-23)28-9-14-11-31-5-4-26(14)20(28)30/h2-3,6-7,12,14H,4-5,8-11,23H2,1H3,(H,25,29)/t12-,14?/m0/s1. The second kappa shape index (κ2) is 8.72. The van der Waals surface area contributed by atoms with Gasteiger partial charge < -0.3 is 25.6 Å². The van der Waals surface area contributed by atoms with Crippen molar-refractivity contribution in [2.24, 2.45) is 10.7 Å². The van der Waals surface area contributed by atoms with Crippen molar-refractivity contribution in [3.8, 4) is 0 Å². The third kappa shape index (κ3) is 4.17. The van der Waals surface area contributed by atoms with Gasteiger partial charge in [-0.15, -0.1) is 0 Å². The molecular weight excluding hydrogens is 427 g/mol. The van der Waals surface area contributed by atoms with Gasteiger partial charge in [0.05, 0.1) is 61.4 Å². The van der Waals surface area contributed by atoms with Gasteiger partial charge in [0.25, 0.3) is 0 Å². The number of rotatable bonds is 3. The Bertz CT molecular complexity index is 955. The molecule has 31 heavy (non-hydrogen) atoms. The van der Waals surface area contributed by atoms with Crippen LogP contribution in [0.5, 0.6) is 0 Å². The number of aliphatic imine (C=N–C) groups is 1. The van der Waals surface area contributed by atoms with E-state index in [0.29, 0.717) is 49.9 Å². The topological polar surface area (TPSA) is 104 Å². The van der Waals surface area contributed by atoms with Crippen LogP contribution in [0.3, 0.4) is 0 Å². The number of ether oxygens (including phenoxy) is 1. The maximum atomic E-state index is 13.4. The lowest BCUT2D eigenvalue weighted by molar-refractivity contribution is 0.0299. The second-order valence-corrected chi connectivity index (χ2v) is 8.10. The molecule has 0 bridgehead atoms. The van der Waals surface area contributed by atoms with Crippen LogP contribution in [0.4, 0.5) is 19.7 Å². The predicted octanol–water partition coefficient (Wildman–Crippen LogP) is 2.09. The van der Waals surface area contributed by atoms with Crippen LogP contribution in [0, 0.1) is 5.82 Å². The molecule has 1 aromatic rings. The Morgan fingerprint density at radius 2 is 2.26 bits per heavy atom. The summed E-state index contributed by atoms with van der Waals surface area (Å²) in [6.45, 7) is 4.41. The molecule has 3 aliphatic heterocycles. The second-order valence-electron chi connectivity index (χ2n) is 7.69. The number of nitrogens with zero attached hydrogens (tertiary/aromatic N) is 4. The molecule has 3 heterocycles. The smallest absolute Gasteiger partial charge is 0.325 e. The van der Waals surface area contributed by atoms with E-state index in [1.54, 1.807) is 14.7 Å². The minimum atomic E-state index is -0.560. The Labute approximate surface area is 184 Å². The minimum absolute atomic E-state index is 0.0260. The van der Waals surface area contributed by atoms with Crippen LogP contribution in [0.15, 0.2) is 35.1 Å². The molecule has 2 fully saturated rings. The predicted molar refractivity (Wildman–Crippen MR) is 115 cm³/mol. The lowest BCUT2D eigenvalue weighted by Crippen LogP contribution is -2.50.